The van der Waals surface area contributed by atoms with Crippen LogP contribution < -0.4 is 26.8 Å². The lowest BCUT2D eigenvalue weighted by Crippen LogP contribution is -2.70. The Morgan fingerprint density at radius 3 is 2.26 bits per heavy atom. The Kier molecular flexibility index (Phi) is 11.2. The number of rotatable bonds is 16. The normalized spacial score (nSPS) is 24.4. The van der Waals surface area contributed by atoms with E-state index in [0.29, 0.717) is 66.3 Å². The van der Waals surface area contributed by atoms with Gasteiger partial charge in [-0.2, -0.15) is 9.13 Å². The summed E-state index contributed by atoms with van der Waals surface area (Å²) in [5.41, 5.74) is 10.1. The molecule has 15 nitrogen and oxygen atoms in total. The van der Waals surface area contributed by atoms with E-state index in [1.165, 1.54) is 7.11 Å². The standard InChI is InChI=1S/C53H62BN6O9/c1-11-33-26(2)36-25-41-43(30(6)61)28(4)38-23-37-27(3)34(18-19-42(62)56-21-12-13-35(50(64)69-52(7,8)9)55-22-20-31-14-16-32(17-15-31)54(66)67)47-45-46(51(65)68-10)49(63)44-29(5)39-24-40(33)57(36)53(58(38)41,59(37)47)60(39)48(44)45/h14-17,23-27,33-35,46,55,66-67H,11-13,18-22H2,1-10H3/q+1/p+1/t26-,27+,33-,34+,35+,46?,53-/m1/s1. The largest absolute Gasteiger partial charge is 0.552 e. The second-order valence-electron chi connectivity index (χ2n) is 21.0. The van der Waals surface area contributed by atoms with Crippen molar-refractivity contribution in [3.05, 3.63) is 85.6 Å². The molecule has 2 aromatic heterocycles. The van der Waals surface area contributed by atoms with Crippen LogP contribution in [0.15, 0.2) is 35.7 Å². The predicted octanol–water partition coefficient (Wildman–Crippen LogP) is 2.63. The number of carbonyl (C=O) groups excluding carboxylic acids is 5. The number of allylic oxidation sites excluding steroid dienone is 2. The second kappa shape index (κ2) is 16.6. The van der Waals surface area contributed by atoms with Crippen molar-refractivity contribution >= 4 is 77.2 Å². The minimum absolute atomic E-state index is 0.0192. The number of nitrogens with zero attached hydrogens (tertiary/aromatic N) is 4. The number of fused-ring (bicyclic) bond motifs is 1. The van der Waals surface area contributed by atoms with Crippen LogP contribution in [0.25, 0.3) is 23.8 Å². The van der Waals surface area contributed by atoms with Gasteiger partial charge in [0.15, 0.2) is 34.6 Å². The Morgan fingerprint density at radius 2 is 1.61 bits per heavy atom. The molecule has 7 atom stereocenters. The van der Waals surface area contributed by atoms with Crippen molar-refractivity contribution in [3.63, 3.8) is 0 Å². The van der Waals surface area contributed by atoms with E-state index in [2.05, 4.69) is 67.9 Å². The van der Waals surface area contributed by atoms with Crippen molar-refractivity contribution < 1.29 is 52.6 Å². The van der Waals surface area contributed by atoms with Gasteiger partial charge in [0.2, 0.25) is 11.6 Å². The number of ketones is 2. The van der Waals surface area contributed by atoms with Crippen LogP contribution >= 0.6 is 0 Å². The fourth-order valence-corrected chi connectivity index (χ4v) is 12.9. The molecule has 0 bridgehead atoms. The number of Topliss-reactive ketones (excluding diaryl/α,β-unsaturated/α-hetero) is 2. The lowest BCUT2D eigenvalue weighted by molar-refractivity contribution is -0.837. The number of aromatic nitrogens is 2. The smallest absolute Gasteiger partial charge is 0.468 e. The van der Waals surface area contributed by atoms with E-state index in [0.717, 1.165) is 62.7 Å². The Hall–Kier alpha value is -5.97. The highest BCUT2D eigenvalue weighted by Gasteiger charge is 2.77. The molecule has 16 heteroatoms. The number of methoxy groups -OCH3 is 1. The molecule has 0 fully saturated rings. The number of benzene rings is 1. The minimum atomic E-state index is -1.54. The van der Waals surface area contributed by atoms with Gasteiger partial charge in [0.05, 0.1) is 58.4 Å². The van der Waals surface area contributed by atoms with Crippen LogP contribution in [-0.2, 0) is 36.2 Å². The molecule has 1 unspecified atom stereocenters. The van der Waals surface area contributed by atoms with Crippen LogP contribution in [0.4, 0.5) is 0 Å². The summed E-state index contributed by atoms with van der Waals surface area (Å²) in [5, 5.41) is 27.0. The van der Waals surface area contributed by atoms with Gasteiger partial charge in [-0.1, -0.05) is 54.2 Å². The molecule has 0 saturated heterocycles. The van der Waals surface area contributed by atoms with E-state index in [-0.39, 0.29) is 53.5 Å². The summed E-state index contributed by atoms with van der Waals surface area (Å²) in [6, 6.07) is 6.36. The van der Waals surface area contributed by atoms with Crippen molar-refractivity contribution in [2.24, 2.45) is 29.6 Å². The van der Waals surface area contributed by atoms with Gasteiger partial charge in [0.1, 0.15) is 11.6 Å². The van der Waals surface area contributed by atoms with Crippen molar-refractivity contribution in [2.45, 2.75) is 118 Å². The molecule has 1 amide bonds. The van der Waals surface area contributed by atoms with E-state index in [4.69, 9.17) is 9.47 Å². The topological polar surface area (TPSA) is 184 Å². The summed E-state index contributed by atoms with van der Waals surface area (Å²) in [4.78, 5) is 70.0. The highest BCUT2D eigenvalue weighted by Crippen LogP contribution is 2.55. The lowest BCUT2D eigenvalue weighted by atomic mass is 9.80. The van der Waals surface area contributed by atoms with Crippen LogP contribution in [0.1, 0.15) is 129 Å². The minimum Gasteiger partial charge on any atom is -0.468 e. The third-order valence-electron chi connectivity index (χ3n) is 15.9. The fraction of sp³-hybridized carbons (Fsp3) is 0.491. The van der Waals surface area contributed by atoms with Gasteiger partial charge in [-0.3, -0.25) is 24.0 Å². The van der Waals surface area contributed by atoms with Crippen LogP contribution in [0, 0.1) is 43.4 Å². The number of nitrogens with one attached hydrogen (secondary N) is 2. The first-order valence-corrected chi connectivity index (χ1v) is 24.6. The summed E-state index contributed by atoms with van der Waals surface area (Å²) in [6.07, 6.45) is 9.67. The van der Waals surface area contributed by atoms with Gasteiger partial charge in [-0.25, -0.2) is 0 Å². The Labute approximate surface area is 402 Å². The molecule has 1 spiro atoms. The van der Waals surface area contributed by atoms with Crippen LogP contribution in [0.2, 0.25) is 0 Å². The predicted molar refractivity (Wildman–Crippen MR) is 260 cm³/mol. The van der Waals surface area contributed by atoms with Gasteiger partial charge in [-0.05, 0) is 102 Å². The molecule has 0 radical (unpaired) electrons. The molecular weight excluding hydrogens is 875 g/mol. The van der Waals surface area contributed by atoms with Gasteiger partial charge in [-0.15, -0.1) is 0 Å². The number of hydrogen-bond donors (Lipinski definition) is 4. The molecule has 7 aliphatic rings. The first kappa shape index (κ1) is 46.7. The highest BCUT2D eigenvalue weighted by atomic mass is 16.6. The zero-order valence-corrected chi connectivity index (χ0v) is 41.3. The summed E-state index contributed by atoms with van der Waals surface area (Å²) in [5.74, 6) is -3.87. The summed E-state index contributed by atoms with van der Waals surface area (Å²) >= 11 is 0. The van der Waals surface area contributed by atoms with Crippen LogP contribution in [0.3, 0.4) is 0 Å². The first-order valence-electron chi connectivity index (χ1n) is 24.6. The second-order valence-corrected chi connectivity index (χ2v) is 21.0. The Balaban J connectivity index is 0.974. The number of hydrogen-bond acceptors (Lipinski definition) is 10. The number of esters is 2. The van der Waals surface area contributed by atoms with E-state index in [9.17, 15) is 34.0 Å². The van der Waals surface area contributed by atoms with E-state index >= 15 is 0 Å². The van der Waals surface area contributed by atoms with Gasteiger partial charge in [0, 0.05) is 42.3 Å². The molecule has 1 aliphatic carbocycles. The van der Waals surface area contributed by atoms with Gasteiger partial charge < -0.3 is 30.2 Å². The number of ether oxygens (including phenoxy) is 2. The molecule has 6 aliphatic heterocycles. The average Bonchev–Trinajstić information content (AvgIpc) is 4.03. The zero-order valence-electron chi connectivity index (χ0n) is 41.3. The molecular formula is C53H63BN6O9+2. The summed E-state index contributed by atoms with van der Waals surface area (Å²) < 4.78 is 20.6. The third kappa shape index (κ3) is 6.67. The zero-order chi connectivity index (χ0) is 49.3. The molecule has 69 heavy (non-hydrogen) atoms. The Bertz CT molecular complexity index is 3090. The Morgan fingerprint density at radius 1 is 0.928 bits per heavy atom. The quantitative estimate of drug-likeness (QED) is 0.0416. The lowest BCUT2D eigenvalue weighted by Gasteiger charge is -2.39. The van der Waals surface area contributed by atoms with E-state index in [1.807, 2.05) is 46.8 Å². The molecule has 1 aromatic carbocycles. The SMILES string of the molecule is CC[C@H]1C2=[N+]3C(=Cc4c(C(C)=O)c(C)c5n4[C@]34n3c(c(C)c6c3=C(C3=[N+]4C(=C5)[C@@H](C)[C@@H]3CCC(=O)NCCC[C@H](NCCc3ccc(B(O)O)cc3)C(=O)OC(C)(C)C)C(C(=O)OC)C6=O)=C2)[C@@H]1C. The maximum Gasteiger partial charge on any atom is 0.552 e. The highest BCUT2D eigenvalue weighted by molar-refractivity contribution is 6.58. The first-order chi connectivity index (χ1) is 32.8. The monoisotopic (exact) mass is 938 g/mol. The van der Waals surface area contributed by atoms with E-state index in [1.54, 1.807) is 19.1 Å². The van der Waals surface area contributed by atoms with Crippen molar-refractivity contribution in [3.8, 4) is 0 Å². The fourth-order valence-electron chi connectivity index (χ4n) is 12.9. The van der Waals surface area contributed by atoms with Crippen molar-refractivity contribution in [2.75, 3.05) is 20.2 Å². The molecule has 10 rings (SSSR count). The van der Waals surface area contributed by atoms with E-state index < -0.39 is 36.6 Å². The molecule has 0 saturated carbocycles. The number of carbonyl (C=O) groups is 5. The molecule has 8 heterocycles. The number of amides is 1. The third-order valence-corrected chi connectivity index (χ3v) is 15.9. The van der Waals surface area contributed by atoms with Gasteiger partial charge in [0.25, 0.3) is 0 Å². The molecule has 3 aromatic rings. The van der Waals surface area contributed by atoms with Gasteiger partial charge >= 0.3 is 25.0 Å². The van der Waals surface area contributed by atoms with Crippen LogP contribution in [0.5, 0.6) is 0 Å². The maximum atomic E-state index is 14.9. The summed E-state index contributed by atoms with van der Waals surface area (Å²) in [6.45, 7) is 18.6. The van der Waals surface area contributed by atoms with Crippen molar-refractivity contribution in [1.82, 2.24) is 19.8 Å². The molecule has 4 N–H and O–H groups in total. The maximum absolute atomic E-state index is 14.9. The van der Waals surface area contributed by atoms with Crippen LogP contribution in [-0.4, -0.2) is 108 Å². The average molecular weight is 939 g/mol. The molecule has 360 valence electrons. The van der Waals surface area contributed by atoms with Crippen molar-refractivity contribution in [1.29, 1.82) is 0 Å². The summed E-state index contributed by atoms with van der Waals surface area (Å²) in [7, 11) is -0.221.